The number of anilines is 2. The minimum atomic E-state index is -0.709. The molecule has 1 aromatic heterocycles. The number of halogens is 2. The summed E-state index contributed by atoms with van der Waals surface area (Å²) in [6, 6.07) is 3.36. The molecule has 1 fully saturated rings. The number of aliphatic hydroxyl groups excluding tert-OH is 1. The third-order valence-electron chi connectivity index (χ3n) is 5.52. The van der Waals surface area contributed by atoms with Crippen molar-refractivity contribution in [1.82, 2.24) is 9.97 Å². The van der Waals surface area contributed by atoms with Crippen molar-refractivity contribution in [1.29, 1.82) is 0 Å². The highest BCUT2D eigenvalue weighted by Gasteiger charge is 2.39. The van der Waals surface area contributed by atoms with Crippen LogP contribution >= 0.6 is 0 Å². The van der Waals surface area contributed by atoms with Crippen molar-refractivity contribution in [2.24, 2.45) is 10.9 Å². The van der Waals surface area contributed by atoms with Crippen molar-refractivity contribution in [3.05, 3.63) is 41.7 Å². The molecule has 30 heavy (non-hydrogen) atoms. The van der Waals surface area contributed by atoms with Gasteiger partial charge in [0.25, 0.3) is 0 Å². The van der Waals surface area contributed by atoms with Gasteiger partial charge in [-0.1, -0.05) is 0 Å². The van der Waals surface area contributed by atoms with Gasteiger partial charge >= 0.3 is 0 Å². The highest BCUT2D eigenvalue weighted by Crippen LogP contribution is 2.43. The molecular formula is C22H27F2N5O. The first-order chi connectivity index (χ1) is 14.2. The average molecular weight is 415 g/mol. The summed E-state index contributed by atoms with van der Waals surface area (Å²) in [5.74, 6) is -0.195. The van der Waals surface area contributed by atoms with Crippen LogP contribution in [0.2, 0.25) is 0 Å². The van der Waals surface area contributed by atoms with E-state index < -0.39 is 11.6 Å². The summed E-state index contributed by atoms with van der Waals surface area (Å²) in [5, 5.41) is 16.5. The van der Waals surface area contributed by atoms with Crippen LogP contribution in [0, 0.1) is 17.6 Å². The Morgan fingerprint density at radius 1 is 1.17 bits per heavy atom. The molecule has 1 aliphatic carbocycles. The third kappa shape index (κ3) is 4.43. The van der Waals surface area contributed by atoms with Crippen LogP contribution < -0.4 is 10.6 Å². The molecule has 0 saturated heterocycles. The van der Waals surface area contributed by atoms with E-state index in [0.29, 0.717) is 24.6 Å². The number of aliphatic imine (C=N–C) groups is 1. The van der Waals surface area contributed by atoms with Crippen molar-refractivity contribution < 1.29 is 13.9 Å². The van der Waals surface area contributed by atoms with E-state index in [9.17, 15) is 13.9 Å². The van der Waals surface area contributed by atoms with Crippen molar-refractivity contribution in [3.63, 3.8) is 0 Å². The Bertz CT molecular complexity index is 964. The molecule has 4 rings (SSSR count). The highest BCUT2D eigenvalue weighted by molar-refractivity contribution is 6.07. The lowest BCUT2D eigenvalue weighted by Gasteiger charge is -2.30. The molecule has 6 nitrogen and oxygen atoms in total. The molecule has 2 aliphatic rings. The van der Waals surface area contributed by atoms with Crippen LogP contribution in [-0.2, 0) is 0 Å². The Hall–Kier alpha value is -2.61. The van der Waals surface area contributed by atoms with Crippen LogP contribution in [0.1, 0.15) is 58.1 Å². The van der Waals surface area contributed by atoms with Gasteiger partial charge in [0.15, 0.2) is 5.82 Å². The van der Waals surface area contributed by atoms with Gasteiger partial charge in [0.2, 0.25) is 5.95 Å². The van der Waals surface area contributed by atoms with Gasteiger partial charge in [0.1, 0.15) is 17.3 Å². The summed E-state index contributed by atoms with van der Waals surface area (Å²) < 4.78 is 27.6. The topological polar surface area (TPSA) is 82.4 Å². The van der Waals surface area contributed by atoms with Crippen LogP contribution in [0.3, 0.4) is 0 Å². The number of benzene rings is 1. The molecule has 1 atom stereocenters. The summed E-state index contributed by atoms with van der Waals surface area (Å²) >= 11 is 0. The van der Waals surface area contributed by atoms with E-state index in [-0.39, 0.29) is 29.2 Å². The fourth-order valence-electron chi connectivity index (χ4n) is 4.15. The molecule has 2 heterocycles. The number of aromatic nitrogens is 2. The zero-order valence-electron chi connectivity index (χ0n) is 17.4. The van der Waals surface area contributed by atoms with Gasteiger partial charge < -0.3 is 15.7 Å². The largest absolute Gasteiger partial charge is 0.393 e. The highest BCUT2D eigenvalue weighted by atomic mass is 19.1. The lowest BCUT2D eigenvalue weighted by molar-refractivity contribution is 0.106. The minimum Gasteiger partial charge on any atom is -0.393 e. The Kier molecular flexibility index (Phi) is 5.44. The number of fused-ring (bicyclic) bond motifs is 1. The molecule has 1 aromatic carbocycles. The molecule has 0 spiro atoms. The van der Waals surface area contributed by atoms with Crippen molar-refractivity contribution in [3.8, 4) is 0 Å². The summed E-state index contributed by atoms with van der Waals surface area (Å²) in [7, 11) is 0. The number of aliphatic hydroxyl groups is 1. The Labute approximate surface area is 174 Å². The number of rotatable bonds is 3. The van der Waals surface area contributed by atoms with Crippen LogP contribution in [0.15, 0.2) is 29.4 Å². The SMILES string of the molecule is CC(C)(C)Nc1ncc2c(n1)C(C1CCC(O)CC1)C(=Nc1ccc(F)cc1F)N2. The maximum Gasteiger partial charge on any atom is 0.223 e. The average Bonchev–Trinajstić information content (AvgIpc) is 3.01. The third-order valence-corrected chi connectivity index (χ3v) is 5.52. The quantitative estimate of drug-likeness (QED) is 0.674. The standard InChI is InChI=1S/C22H27F2N5O/c1-22(2,3)29-21-25-11-17-19(28-21)18(12-4-7-14(30)8-5-12)20(27-17)26-16-9-6-13(23)10-15(16)24/h6,9-12,14,18,30H,4-5,7-8H2,1-3H3,(H,26,27)(H,25,28,29). The molecule has 0 radical (unpaired) electrons. The fourth-order valence-corrected chi connectivity index (χ4v) is 4.15. The molecule has 1 unspecified atom stereocenters. The first-order valence-corrected chi connectivity index (χ1v) is 10.3. The van der Waals surface area contributed by atoms with E-state index in [4.69, 9.17) is 4.98 Å². The predicted octanol–water partition coefficient (Wildman–Crippen LogP) is 4.76. The molecule has 2 aromatic rings. The second-order valence-electron chi connectivity index (χ2n) is 9.13. The summed E-state index contributed by atoms with van der Waals surface area (Å²) in [6.45, 7) is 6.10. The number of amidine groups is 1. The van der Waals surface area contributed by atoms with E-state index >= 15 is 0 Å². The van der Waals surface area contributed by atoms with Crippen LogP contribution in [0.25, 0.3) is 0 Å². The zero-order valence-corrected chi connectivity index (χ0v) is 17.4. The first-order valence-electron chi connectivity index (χ1n) is 10.3. The van der Waals surface area contributed by atoms with Crippen LogP contribution in [-0.4, -0.2) is 32.6 Å². The minimum absolute atomic E-state index is 0.0774. The van der Waals surface area contributed by atoms with E-state index in [0.717, 1.165) is 30.3 Å². The molecule has 8 heteroatoms. The van der Waals surface area contributed by atoms with Gasteiger partial charge in [-0.25, -0.2) is 23.7 Å². The predicted molar refractivity (Wildman–Crippen MR) is 113 cm³/mol. The first kappa shape index (κ1) is 20.7. The molecule has 3 N–H and O–H groups in total. The van der Waals surface area contributed by atoms with Crippen molar-refractivity contribution in [2.75, 3.05) is 10.6 Å². The van der Waals surface area contributed by atoms with Crippen LogP contribution in [0.4, 0.5) is 26.1 Å². The van der Waals surface area contributed by atoms with Crippen LogP contribution in [0.5, 0.6) is 0 Å². The maximum absolute atomic E-state index is 14.3. The van der Waals surface area contributed by atoms with Gasteiger partial charge in [-0.15, -0.1) is 0 Å². The van der Waals surface area contributed by atoms with E-state index in [1.165, 1.54) is 12.1 Å². The molecule has 0 amide bonds. The van der Waals surface area contributed by atoms with Gasteiger partial charge in [0.05, 0.1) is 29.6 Å². The monoisotopic (exact) mass is 415 g/mol. The van der Waals surface area contributed by atoms with Gasteiger partial charge in [-0.3, -0.25) is 0 Å². The zero-order chi connectivity index (χ0) is 21.5. The van der Waals surface area contributed by atoms with Gasteiger partial charge in [0, 0.05) is 11.6 Å². The lowest BCUT2D eigenvalue weighted by atomic mass is 9.77. The molecular weight excluding hydrogens is 388 g/mol. The molecule has 1 aliphatic heterocycles. The number of nitrogens with zero attached hydrogens (tertiary/aromatic N) is 3. The number of hydrogen-bond donors (Lipinski definition) is 3. The van der Waals surface area contributed by atoms with Crippen molar-refractivity contribution >= 4 is 23.2 Å². The Morgan fingerprint density at radius 2 is 1.90 bits per heavy atom. The fraction of sp³-hybridized carbons (Fsp3) is 0.500. The van der Waals surface area contributed by atoms with E-state index in [2.05, 4.69) is 20.6 Å². The second kappa shape index (κ2) is 7.91. The summed E-state index contributed by atoms with van der Waals surface area (Å²) in [4.78, 5) is 13.7. The molecule has 0 bridgehead atoms. The number of nitrogens with one attached hydrogen (secondary N) is 2. The van der Waals surface area contributed by atoms with E-state index in [1.54, 1.807) is 6.20 Å². The van der Waals surface area contributed by atoms with E-state index in [1.807, 2.05) is 20.8 Å². The summed E-state index contributed by atoms with van der Waals surface area (Å²) in [6.07, 6.45) is 4.51. The normalized spacial score (nSPS) is 25.1. The Morgan fingerprint density at radius 3 is 2.57 bits per heavy atom. The molecule has 160 valence electrons. The smallest absolute Gasteiger partial charge is 0.223 e. The second-order valence-corrected chi connectivity index (χ2v) is 9.13. The lowest BCUT2D eigenvalue weighted by Crippen LogP contribution is -2.29. The van der Waals surface area contributed by atoms with Gasteiger partial charge in [-0.2, -0.15) is 0 Å². The van der Waals surface area contributed by atoms with Crippen molar-refractivity contribution in [2.45, 2.75) is 64.0 Å². The Balaban J connectivity index is 1.73. The number of hydrogen-bond acceptors (Lipinski definition) is 5. The summed E-state index contributed by atoms with van der Waals surface area (Å²) in [5.41, 5.74) is 1.44. The van der Waals surface area contributed by atoms with Gasteiger partial charge in [-0.05, 0) is 64.5 Å². The maximum atomic E-state index is 14.3. The molecule has 1 saturated carbocycles.